The topological polar surface area (TPSA) is 48.0 Å². The summed E-state index contributed by atoms with van der Waals surface area (Å²) in [5.41, 5.74) is 0. The average Bonchev–Trinajstić information content (AvgIpc) is 2.56. The van der Waals surface area contributed by atoms with Crippen molar-refractivity contribution in [1.29, 1.82) is 0 Å². The van der Waals surface area contributed by atoms with E-state index in [-0.39, 0.29) is 11.9 Å². The van der Waals surface area contributed by atoms with Crippen LogP contribution in [0.2, 0.25) is 0 Å². The SMILES string of the molecule is COC(=O)C(COc1ccc(OC)cc1)C1CCN(C)CC1. The molecule has 1 unspecified atom stereocenters. The summed E-state index contributed by atoms with van der Waals surface area (Å²) in [6.07, 6.45) is 2.00. The van der Waals surface area contributed by atoms with E-state index in [4.69, 9.17) is 14.2 Å². The van der Waals surface area contributed by atoms with Gasteiger partial charge in [0.2, 0.25) is 0 Å². The maximum Gasteiger partial charge on any atom is 0.312 e. The highest BCUT2D eigenvalue weighted by molar-refractivity contribution is 5.72. The van der Waals surface area contributed by atoms with Gasteiger partial charge < -0.3 is 19.1 Å². The number of likely N-dealkylation sites (tertiary alicyclic amines) is 1. The molecule has 0 bridgehead atoms. The van der Waals surface area contributed by atoms with Crippen LogP contribution >= 0.6 is 0 Å². The van der Waals surface area contributed by atoms with Gasteiger partial charge in [-0.3, -0.25) is 4.79 Å². The van der Waals surface area contributed by atoms with Gasteiger partial charge in [-0.15, -0.1) is 0 Å². The standard InChI is InChI=1S/C17H25NO4/c1-18-10-8-13(9-11-18)16(17(19)21-3)12-22-15-6-4-14(20-2)5-7-15/h4-7,13,16H,8-12H2,1-3H3. The van der Waals surface area contributed by atoms with Crippen molar-refractivity contribution in [2.75, 3.05) is 41.0 Å². The van der Waals surface area contributed by atoms with Crippen LogP contribution in [0.3, 0.4) is 0 Å². The van der Waals surface area contributed by atoms with Gasteiger partial charge in [0.05, 0.1) is 20.1 Å². The van der Waals surface area contributed by atoms with Gasteiger partial charge in [0.25, 0.3) is 0 Å². The monoisotopic (exact) mass is 307 g/mol. The average molecular weight is 307 g/mol. The lowest BCUT2D eigenvalue weighted by molar-refractivity contribution is -0.149. The Morgan fingerprint density at radius 2 is 1.77 bits per heavy atom. The van der Waals surface area contributed by atoms with Gasteiger partial charge in [-0.2, -0.15) is 0 Å². The largest absolute Gasteiger partial charge is 0.497 e. The summed E-state index contributed by atoms with van der Waals surface area (Å²) < 4.78 is 15.9. The van der Waals surface area contributed by atoms with Crippen LogP contribution in [0.25, 0.3) is 0 Å². The van der Waals surface area contributed by atoms with E-state index in [0.717, 1.165) is 37.4 Å². The van der Waals surface area contributed by atoms with Gasteiger partial charge in [-0.05, 0) is 63.2 Å². The van der Waals surface area contributed by atoms with Crippen molar-refractivity contribution in [3.63, 3.8) is 0 Å². The molecule has 0 radical (unpaired) electrons. The van der Waals surface area contributed by atoms with Gasteiger partial charge in [0, 0.05) is 0 Å². The molecule has 2 rings (SSSR count). The Labute approximate surface area is 132 Å². The van der Waals surface area contributed by atoms with E-state index in [2.05, 4.69) is 11.9 Å². The summed E-state index contributed by atoms with van der Waals surface area (Å²) in [5.74, 6) is 1.46. The Kier molecular flexibility index (Phi) is 6.07. The summed E-state index contributed by atoms with van der Waals surface area (Å²) in [5, 5.41) is 0. The Morgan fingerprint density at radius 3 is 2.32 bits per heavy atom. The predicted octanol–water partition coefficient (Wildman–Crippen LogP) is 2.21. The minimum Gasteiger partial charge on any atom is -0.497 e. The number of benzene rings is 1. The first kappa shape index (κ1) is 16.6. The van der Waals surface area contributed by atoms with Crippen LogP contribution < -0.4 is 9.47 Å². The Morgan fingerprint density at radius 1 is 1.18 bits per heavy atom. The molecule has 1 saturated heterocycles. The lowest BCUT2D eigenvalue weighted by Gasteiger charge is -2.32. The molecule has 1 heterocycles. The molecule has 5 nitrogen and oxygen atoms in total. The number of carbonyl (C=O) groups excluding carboxylic acids is 1. The molecule has 1 aromatic rings. The summed E-state index contributed by atoms with van der Waals surface area (Å²) in [6.45, 7) is 2.38. The molecular weight excluding hydrogens is 282 g/mol. The van der Waals surface area contributed by atoms with Gasteiger partial charge >= 0.3 is 5.97 Å². The molecular formula is C17H25NO4. The molecule has 1 aliphatic heterocycles. The predicted molar refractivity (Wildman–Crippen MR) is 84.2 cm³/mol. The van der Waals surface area contributed by atoms with Gasteiger partial charge in [0.15, 0.2) is 0 Å². The molecule has 22 heavy (non-hydrogen) atoms. The molecule has 1 fully saturated rings. The van der Waals surface area contributed by atoms with E-state index in [9.17, 15) is 4.79 Å². The molecule has 0 aromatic heterocycles. The number of carbonyl (C=O) groups is 1. The first-order valence-electron chi connectivity index (χ1n) is 7.67. The summed E-state index contributed by atoms with van der Waals surface area (Å²) in [4.78, 5) is 14.4. The quantitative estimate of drug-likeness (QED) is 0.754. The van der Waals surface area contributed by atoms with Crippen molar-refractivity contribution in [2.45, 2.75) is 12.8 Å². The highest BCUT2D eigenvalue weighted by Crippen LogP contribution is 2.27. The van der Waals surface area contributed by atoms with E-state index in [1.165, 1.54) is 7.11 Å². The van der Waals surface area contributed by atoms with E-state index >= 15 is 0 Å². The van der Waals surface area contributed by atoms with E-state index in [0.29, 0.717) is 12.5 Å². The van der Waals surface area contributed by atoms with Crippen LogP contribution in [0.4, 0.5) is 0 Å². The van der Waals surface area contributed by atoms with Crippen LogP contribution in [-0.4, -0.2) is 51.8 Å². The Bertz CT molecular complexity index is 466. The third kappa shape index (κ3) is 4.37. The lowest BCUT2D eigenvalue weighted by Crippen LogP contribution is -2.38. The molecule has 122 valence electrons. The molecule has 0 spiro atoms. The van der Waals surface area contributed by atoms with Crippen molar-refractivity contribution in [1.82, 2.24) is 4.90 Å². The first-order valence-corrected chi connectivity index (χ1v) is 7.67. The summed E-state index contributed by atoms with van der Waals surface area (Å²) in [6, 6.07) is 7.39. The fourth-order valence-electron chi connectivity index (χ4n) is 2.84. The van der Waals surface area contributed by atoms with Crippen LogP contribution in [0, 0.1) is 11.8 Å². The number of hydrogen-bond acceptors (Lipinski definition) is 5. The number of esters is 1. The Balaban J connectivity index is 1.95. The second-order valence-corrected chi connectivity index (χ2v) is 5.76. The molecule has 1 aromatic carbocycles. The van der Waals surface area contributed by atoms with Gasteiger partial charge in [-0.25, -0.2) is 0 Å². The molecule has 0 aliphatic carbocycles. The smallest absolute Gasteiger partial charge is 0.312 e. The zero-order valence-corrected chi connectivity index (χ0v) is 13.6. The van der Waals surface area contributed by atoms with Crippen LogP contribution in [0.15, 0.2) is 24.3 Å². The third-order valence-electron chi connectivity index (χ3n) is 4.33. The van der Waals surface area contributed by atoms with E-state index in [1.807, 2.05) is 24.3 Å². The normalized spacial score (nSPS) is 17.8. The highest BCUT2D eigenvalue weighted by atomic mass is 16.5. The van der Waals surface area contributed by atoms with Gasteiger partial charge in [-0.1, -0.05) is 0 Å². The number of piperidine rings is 1. The lowest BCUT2D eigenvalue weighted by atomic mass is 9.85. The number of rotatable bonds is 6. The fourth-order valence-corrected chi connectivity index (χ4v) is 2.84. The fraction of sp³-hybridized carbons (Fsp3) is 0.588. The first-order chi connectivity index (χ1) is 10.6. The number of ether oxygens (including phenoxy) is 3. The van der Waals surface area contributed by atoms with E-state index < -0.39 is 0 Å². The minimum atomic E-state index is -0.208. The third-order valence-corrected chi connectivity index (χ3v) is 4.33. The summed E-state index contributed by atoms with van der Waals surface area (Å²) in [7, 11) is 5.18. The highest BCUT2D eigenvalue weighted by Gasteiger charge is 2.32. The van der Waals surface area contributed by atoms with Gasteiger partial charge in [0.1, 0.15) is 18.1 Å². The zero-order chi connectivity index (χ0) is 15.9. The number of nitrogens with zero attached hydrogens (tertiary/aromatic N) is 1. The molecule has 0 N–H and O–H groups in total. The van der Waals surface area contributed by atoms with Crippen molar-refractivity contribution in [2.24, 2.45) is 11.8 Å². The van der Waals surface area contributed by atoms with Crippen molar-refractivity contribution in [3.05, 3.63) is 24.3 Å². The maximum absolute atomic E-state index is 12.1. The maximum atomic E-state index is 12.1. The van der Waals surface area contributed by atoms with Crippen LogP contribution in [0.1, 0.15) is 12.8 Å². The molecule has 5 heteroatoms. The zero-order valence-electron chi connectivity index (χ0n) is 13.6. The molecule has 0 saturated carbocycles. The Hall–Kier alpha value is -1.75. The minimum absolute atomic E-state index is 0.178. The number of methoxy groups -OCH3 is 2. The molecule has 1 aliphatic rings. The van der Waals surface area contributed by atoms with Crippen molar-refractivity contribution < 1.29 is 19.0 Å². The molecule has 0 amide bonds. The number of hydrogen-bond donors (Lipinski definition) is 0. The van der Waals surface area contributed by atoms with E-state index in [1.54, 1.807) is 7.11 Å². The van der Waals surface area contributed by atoms with Crippen LogP contribution in [-0.2, 0) is 9.53 Å². The summed E-state index contributed by atoms with van der Waals surface area (Å²) >= 11 is 0. The second-order valence-electron chi connectivity index (χ2n) is 5.76. The van der Waals surface area contributed by atoms with Crippen molar-refractivity contribution >= 4 is 5.97 Å². The second kappa shape index (κ2) is 8.03. The van der Waals surface area contributed by atoms with Crippen molar-refractivity contribution in [3.8, 4) is 11.5 Å². The molecule has 1 atom stereocenters. The van der Waals surface area contributed by atoms with Crippen LogP contribution in [0.5, 0.6) is 11.5 Å².